The number of nitrogens with zero attached hydrogens (tertiary/aromatic N) is 2. The summed E-state index contributed by atoms with van der Waals surface area (Å²) >= 11 is 0. The first-order chi connectivity index (χ1) is 28.3. The molecule has 0 N–H and O–H groups in total. The number of ether oxygens (including phenoxy) is 2. The fourth-order valence-electron chi connectivity index (χ4n) is 14.4. The second kappa shape index (κ2) is 13.7. The molecule has 3 aromatic carbocycles. The number of benzene rings is 3. The van der Waals surface area contributed by atoms with Crippen LogP contribution in [0.2, 0.25) is 0 Å². The average Bonchev–Trinajstić information content (AvgIpc) is 3.94. The van der Waals surface area contributed by atoms with E-state index in [1.807, 2.05) is 0 Å². The minimum Gasteiger partial charge on any atom is -0.378 e. The van der Waals surface area contributed by atoms with Crippen LogP contribution in [0.15, 0.2) is 125 Å². The van der Waals surface area contributed by atoms with Crippen LogP contribution in [0, 0.1) is 33.0 Å². The van der Waals surface area contributed by atoms with Crippen molar-refractivity contribution in [3.63, 3.8) is 0 Å². The van der Waals surface area contributed by atoms with Crippen molar-refractivity contribution in [3.8, 4) is 0 Å². The molecule has 3 unspecified atom stereocenters. The molecule has 5 aliphatic carbocycles. The number of morpholine rings is 2. The second-order valence-electron chi connectivity index (χ2n) is 20.6. The molecule has 2 heterocycles. The molecule has 0 amide bonds. The molecule has 0 bridgehead atoms. The molecule has 2 aliphatic heterocycles. The zero-order chi connectivity index (χ0) is 41.0. The first-order valence-corrected chi connectivity index (χ1v) is 22.8. The molecule has 10 rings (SSSR count). The third kappa shape index (κ3) is 4.91. The highest BCUT2D eigenvalue weighted by Crippen LogP contribution is 2.84. The fourth-order valence-corrected chi connectivity index (χ4v) is 14.4. The first kappa shape index (κ1) is 39.0. The highest BCUT2D eigenvalue weighted by molar-refractivity contribution is 5.93. The molecule has 1 saturated carbocycles. The van der Waals surface area contributed by atoms with E-state index in [-0.39, 0.29) is 21.7 Å². The Morgan fingerprint density at radius 3 is 1.81 bits per heavy atom. The molecule has 0 spiro atoms. The molecule has 0 aromatic heterocycles. The van der Waals surface area contributed by atoms with Crippen molar-refractivity contribution in [3.05, 3.63) is 148 Å². The average molecular weight is 787 g/mol. The minimum atomic E-state index is -0.566. The Kier molecular flexibility index (Phi) is 9.06. The lowest BCUT2D eigenvalue weighted by atomic mass is 9.25. The molecule has 0 radical (unpaired) electrons. The highest BCUT2D eigenvalue weighted by atomic mass is 16.5. The number of hydrogen-bond donors (Lipinski definition) is 0. The normalized spacial score (nSPS) is 29.2. The van der Waals surface area contributed by atoms with Crippen LogP contribution in [-0.2, 0) is 21.3 Å². The van der Waals surface area contributed by atoms with Crippen molar-refractivity contribution in [1.29, 1.82) is 0 Å². The van der Waals surface area contributed by atoms with Gasteiger partial charge in [0.1, 0.15) is 0 Å². The maximum Gasteiger partial charge on any atom is 0.0642 e. The number of allylic oxidation sites excluding steroid dienone is 10. The molecular formula is C55H66N2O2. The van der Waals surface area contributed by atoms with Crippen LogP contribution in [0.3, 0.4) is 0 Å². The number of para-hydroxylation sites is 2. The Labute approximate surface area is 354 Å². The number of fused-ring (bicyclic) bond motifs is 6. The Morgan fingerprint density at radius 1 is 0.644 bits per heavy atom. The van der Waals surface area contributed by atoms with Crippen molar-refractivity contribution >= 4 is 16.9 Å². The standard InChI is InChI=1S/C55H66N2O2/c1-50(2)51(3,4)53(7)43-24-14-13-23-41(43)48-40-22-12-9-19-38(40)37-42(48)49(53)54(8,52(50,5)6)55(39-20-10-11-21-39,44-25-15-17-27-46(44)56-29-33-58-34-30-56)45-26-16-18-28-47(45)57-31-35-59-36-32-57/h9-13,15-20,22-23,25-28,43H,14,21,24,29-37H2,1-8H3. The van der Waals surface area contributed by atoms with Crippen LogP contribution in [0.5, 0.6) is 0 Å². The molecule has 3 fully saturated rings. The van der Waals surface area contributed by atoms with Gasteiger partial charge in [-0.2, -0.15) is 0 Å². The Hall–Kier alpha value is -4.12. The van der Waals surface area contributed by atoms with Crippen LogP contribution >= 0.6 is 0 Å². The molecule has 3 aromatic rings. The van der Waals surface area contributed by atoms with Crippen LogP contribution in [0.4, 0.5) is 11.4 Å². The van der Waals surface area contributed by atoms with Gasteiger partial charge in [0.15, 0.2) is 0 Å². The number of anilines is 2. The van der Waals surface area contributed by atoms with Gasteiger partial charge in [0.25, 0.3) is 0 Å². The van der Waals surface area contributed by atoms with Gasteiger partial charge < -0.3 is 19.3 Å². The summed E-state index contributed by atoms with van der Waals surface area (Å²) < 4.78 is 12.1. The van der Waals surface area contributed by atoms with Crippen LogP contribution in [0.25, 0.3) is 5.57 Å². The van der Waals surface area contributed by atoms with Gasteiger partial charge in [-0.25, -0.2) is 0 Å². The second-order valence-corrected chi connectivity index (χ2v) is 20.6. The third-order valence-corrected chi connectivity index (χ3v) is 18.6. The molecule has 59 heavy (non-hydrogen) atoms. The largest absolute Gasteiger partial charge is 0.378 e. The Morgan fingerprint density at radius 2 is 1.22 bits per heavy atom. The summed E-state index contributed by atoms with van der Waals surface area (Å²) in [6, 6.07) is 28.7. The van der Waals surface area contributed by atoms with Gasteiger partial charge in [-0.3, -0.25) is 0 Å². The Balaban J connectivity index is 1.43. The Bertz CT molecular complexity index is 2280. The predicted octanol–water partition coefficient (Wildman–Crippen LogP) is 11.9. The van der Waals surface area contributed by atoms with Crippen molar-refractivity contribution in [2.24, 2.45) is 33.0 Å². The third-order valence-electron chi connectivity index (χ3n) is 18.6. The maximum absolute atomic E-state index is 6.06. The van der Waals surface area contributed by atoms with Crippen LogP contribution < -0.4 is 9.80 Å². The summed E-state index contributed by atoms with van der Waals surface area (Å²) in [7, 11) is 0. The number of rotatable bonds is 6. The van der Waals surface area contributed by atoms with Gasteiger partial charge >= 0.3 is 0 Å². The van der Waals surface area contributed by atoms with E-state index < -0.39 is 10.8 Å². The zero-order valence-electron chi connectivity index (χ0n) is 37.1. The summed E-state index contributed by atoms with van der Waals surface area (Å²) in [4.78, 5) is 5.31. The first-order valence-electron chi connectivity index (χ1n) is 22.8. The molecular weight excluding hydrogens is 721 g/mol. The van der Waals surface area contributed by atoms with E-state index in [4.69, 9.17) is 9.47 Å². The minimum absolute atomic E-state index is 0.0613. The van der Waals surface area contributed by atoms with E-state index in [0.29, 0.717) is 5.92 Å². The predicted molar refractivity (Wildman–Crippen MR) is 245 cm³/mol. The van der Waals surface area contributed by atoms with E-state index in [9.17, 15) is 0 Å². The van der Waals surface area contributed by atoms with E-state index in [1.165, 1.54) is 45.6 Å². The monoisotopic (exact) mass is 787 g/mol. The molecule has 7 aliphatic rings. The van der Waals surface area contributed by atoms with Gasteiger partial charge in [0, 0.05) is 48.4 Å². The SMILES string of the molecule is CC12C(=C3Cc4ccccc4C3=C3C=CCCC31)C(C)(C(C1=CC=CC1)(c1ccccc1N1CCOCC1)c1ccccc1N1CCOCC1)C(C)(C)C(C)(C)C2(C)C. The molecule has 3 atom stereocenters. The van der Waals surface area contributed by atoms with Gasteiger partial charge in [0.05, 0.1) is 31.8 Å². The summed E-state index contributed by atoms with van der Waals surface area (Å²) in [5.74, 6) is 0.398. The lowest BCUT2D eigenvalue weighted by Gasteiger charge is -2.78. The van der Waals surface area contributed by atoms with E-state index >= 15 is 0 Å². The summed E-state index contributed by atoms with van der Waals surface area (Å²) in [6.07, 6.45) is 16.6. The molecule has 4 nitrogen and oxygen atoms in total. The zero-order valence-corrected chi connectivity index (χ0v) is 37.1. The summed E-state index contributed by atoms with van der Waals surface area (Å²) in [6.45, 7) is 28.1. The van der Waals surface area contributed by atoms with E-state index in [1.54, 1.807) is 22.3 Å². The van der Waals surface area contributed by atoms with Gasteiger partial charge in [-0.15, -0.1) is 0 Å². The molecule has 308 valence electrons. The summed E-state index contributed by atoms with van der Waals surface area (Å²) in [5.41, 5.74) is 15.0. The molecule has 4 heteroatoms. The van der Waals surface area contributed by atoms with E-state index in [2.05, 4.69) is 168 Å². The van der Waals surface area contributed by atoms with Gasteiger partial charge in [0.2, 0.25) is 0 Å². The van der Waals surface area contributed by atoms with Crippen LogP contribution in [0.1, 0.15) is 96.9 Å². The quantitative estimate of drug-likeness (QED) is 0.248. The lowest BCUT2D eigenvalue weighted by molar-refractivity contribution is -0.206. The highest BCUT2D eigenvalue weighted by Gasteiger charge is 2.78. The lowest BCUT2D eigenvalue weighted by Crippen LogP contribution is -2.73. The summed E-state index contributed by atoms with van der Waals surface area (Å²) in [5, 5.41) is 0. The van der Waals surface area contributed by atoms with E-state index in [0.717, 1.165) is 71.9 Å². The smallest absolute Gasteiger partial charge is 0.0642 e. The van der Waals surface area contributed by atoms with Crippen molar-refractivity contribution in [2.45, 2.75) is 86.5 Å². The maximum atomic E-state index is 6.06. The van der Waals surface area contributed by atoms with Crippen molar-refractivity contribution in [1.82, 2.24) is 0 Å². The van der Waals surface area contributed by atoms with Gasteiger partial charge in [-0.05, 0) is 99.0 Å². The number of hydrogen-bond acceptors (Lipinski definition) is 4. The molecule has 2 saturated heterocycles. The topological polar surface area (TPSA) is 24.9 Å². The van der Waals surface area contributed by atoms with Crippen molar-refractivity contribution in [2.75, 3.05) is 62.4 Å². The van der Waals surface area contributed by atoms with Gasteiger partial charge in [-0.1, -0.05) is 158 Å². The fraction of sp³-hybridized carbons (Fsp3) is 0.491. The van der Waals surface area contributed by atoms with Crippen LogP contribution in [-0.4, -0.2) is 52.6 Å². The van der Waals surface area contributed by atoms with Crippen molar-refractivity contribution < 1.29 is 9.47 Å².